The normalized spacial score (nSPS) is 20.9. The fourth-order valence-corrected chi connectivity index (χ4v) is 3.04. The van der Waals surface area contributed by atoms with Crippen LogP contribution in [-0.2, 0) is 14.8 Å². The quantitative estimate of drug-likeness (QED) is 0.701. The largest absolute Gasteiger partial charge is 0.381 e. The molecule has 1 heterocycles. The van der Waals surface area contributed by atoms with Gasteiger partial charge in [-0.05, 0) is 26.3 Å². The molecule has 1 aliphatic heterocycles. The molecule has 1 rings (SSSR count). The predicted octanol–water partition coefficient (Wildman–Crippen LogP) is 0.0844. The van der Waals surface area contributed by atoms with Crippen molar-refractivity contribution in [1.82, 2.24) is 10.0 Å². The Bertz CT molecular complexity index is 297. The van der Waals surface area contributed by atoms with Gasteiger partial charge in [0.15, 0.2) is 0 Å². The monoisotopic (exact) mass is 250 g/mol. The maximum absolute atomic E-state index is 11.6. The first kappa shape index (κ1) is 13.9. The minimum absolute atomic E-state index is 0.140. The number of rotatable bonds is 6. The highest BCUT2D eigenvalue weighted by molar-refractivity contribution is 7.89. The fraction of sp³-hybridized carbons (Fsp3) is 1.00. The molecule has 0 aromatic rings. The summed E-state index contributed by atoms with van der Waals surface area (Å²) in [7, 11) is -1.24. The topological polar surface area (TPSA) is 67.4 Å². The summed E-state index contributed by atoms with van der Waals surface area (Å²) in [6, 6.07) is 0. The highest BCUT2D eigenvalue weighted by Gasteiger charge is 2.31. The van der Waals surface area contributed by atoms with Crippen molar-refractivity contribution in [3.63, 3.8) is 0 Å². The van der Waals surface area contributed by atoms with Gasteiger partial charge in [0.25, 0.3) is 0 Å². The number of nitrogens with one attached hydrogen (secondary N) is 2. The molecule has 0 atom stereocenters. The Kier molecular flexibility index (Phi) is 5.17. The molecule has 1 fully saturated rings. The maximum atomic E-state index is 11.6. The smallest absolute Gasteiger partial charge is 0.211 e. The van der Waals surface area contributed by atoms with Gasteiger partial charge in [0.2, 0.25) is 10.0 Å². The van der Waals surface area contributed by atoms with E-state index in [0.29, 0.717) is 26.2 Å². The van der Waals surface area contributed by atoms with Crippen LogP contribution in [0, 0.1) is 0 Å². The van der Waals surface area contributed by atoms with E-state index in [2.05, 4.69) is 10.0 Å². The van der Waals surface area contributed by atoms with E-state index in [1.54, 1.807) is 0 Å². The number of ether oxygens (including phenoxy) is 1. The van der Waals surface area contributed by atoms with Gasteiger partial charge in [0.1, 0.15) is 0 Å². The molecule has 6 heteroatoms. The summed E-state index contributed by atoms with van der Waals surface area (Å²) in [5.41, 5.74) is -0.140. The summed E-state index contributed by atoms with van der Waals surface area (Å²) in [6.45, 7) is 3.70. The van der Waals surface area contributed by atoms with Crippen LogP contribution in [0.15, 0.2) is 0 Å². The van der Waals surface area contributed by atoms with E-state index >= 15 is 0 Å². The van der Waals surface area contributed by atoms with Gasteiger partial charge in [0.05, 0.1) is 5.75 Å². The second-order valence-corrected chi connectivity index (χ2v) is 6.21. The summed E-state index contributed by atoms with van der Waals surface area (Å²) < 4.78 is 31.1. The first-order valence-corrected chi connectivity index (χ1v) is 7.43. The number of hydrogen-bond donors (Lipinski definition) is 2. The summed E-state index contributed by atoms with van der Waals surface area (Å²) in [6.07, 6.45) is 2.33. The second-order valence-electron chi connectivity index (χ2n) is 4.28. The van der Waals surface area contributed by atoms with E-state index in [0.717, 1.165) is 12.8 Å². The minimum atomic E-state index is -3.11. The molecule has 1 aliphatic rings. The third-order valence-corrected chi connectivity index (χ3v) is 4.61. The molecular weight excluding hydrogens is 228 g/mol. The number of hydrogen-bond acceptors (Lipinski definition) is 4. The molecule has 0 aliphatic carbocycles. The lowest BCUT2D eigenvalue weighted by atomic mass is 9.90. The van der Waals surface area contributed by atoms with Crippen LogP contribution in [0.25, 0.3) is 0 Å². The fourth-order valence-electron chi connectivity index (χ4n) is 1.87. The van der Waals surface area contributed by atoms with Crippen molar-refractivity contribution >= 4 is 10.0 Å². The number of sulfonamides is 1. The molecule has 0 spiro atoms. The Hall–Kier alpha value is -0.170. The Morgan fingerprint density at radius 2 is 1.94 bits per heavy atom. The lowest BCUT2D eigenvalue weighted by molar-refractivity contribution is 0.0431. The van der Waals surface area contributed by atoms with Gasteiger partial charge in [-0.1, -0.05) is 6.92 Å². The van der Waals surface area contributed by atoms with Crippen LogP contribution < -0.4 is 10.0 Å². The average Bonchev–Trinajstić information content (AvgIpc) is 2.28. The third-order valence-electron chi connectivity index (χ3n) is 3.08. The summed E-state index contributed by atoms with van der Waals surface area (Å²) >= 11 is 0. The van der Waals surface area contributed by atoms with Crippen LogP contribution >= 0.6 is 0 Å². The van der Waals surface area contributed by atoms with Crippen LogP contribution in [-0.4, -0.2) is 46.5 Å². The Balaban J connectivity index is 2.50. The molecule has 5 nitrogen and oxygen atoms in total. The zero-order valence-electron chi connectivity index (χ0n) is 10.1. The summed E-state index contributed by atoms with van der Waals surface area (Å²) in [4.78, 5) is 0. The molecule has 0 saturated carbocycles. The van der Waals surface area contributed by atoms with E-state index in [1.807, 2.05) is 14.0 Å². The third kappa shape index (κ3) is 4.01. The molecular formula is C10H22N2O3S. The van der Waals surface area contributed by atoms with Crippen LogP contribution in [0.1, 0.15) is 26.2 Å². The average molecular weight is 250 g/mol. The zero-order chi connectivity index (χ0) is 12.1. The van der Waals surface area contributed by atoms with E-state index in [4.69, 9.17) is 4.74 Å². The van der Waals surface area contributed by atoms with Crippen LogP contribution in [0.3, 0.4) is 0 Å². The van der Waals surface area contributed by atoms with Crippen molar-refractivity contribution in [2.75, 3.05) is 32.6 Å². The van der Waals surface area contributed by atoms with E-state index in [1.165, 1.54) is 0 Å². The minimum Gasteiger partial charge on any atom is -0.381 e. The molecule has 0 radical (unpaired) electrons. The van der Waals surface area contributed by atoms with Gasteiger partial charge in [0, 0.05) is 25.3 Å². The van der Waals surface area contributed by atoms with Crippen molar-refractivity contribution in [3.8, 4) is 0 Å². The molecule has 0 aromatic carbocycles. The molecule has 16 heavy (non-hydrogen) atoms. The number of likely N-dealkylation sites (N-methyl/N-ethyl adjacent to an activating group) is 1. The van der Waals surface area contributed by atoms with Gasteiger partial charge in [-0.25, -0.2) is 13.1 Å². The van der Waals surface area contributed by atoms with E-state index in [-0.39, 0.29) is 11.3 Å². The lowest BCUT2D eigenvalue weighted by Gasteiger charge is -2.37. The first-order valence-electron chi connectivity index (χ1n) is 5.77. The van der Waals surface area contributed by atoms with Crippen molar-refractivity contribution in [2.24, 2.45) is 0 Å². The van der Waals surface area contributed by atoms with Crippen molar-refractivity contribution in [1.29, 1.82) is 0 Å². The Morgan fingerprint density at radius 3 is 2.44 bits per heavy atom. The summed E-state index contributed by atoms with van der Waals surface area (Å²) in [5.74, 6) is 0.198. The standard InChI is InChI=1S/C10H22N2O3S/c1-3-8-16(13,14)12-9-10(11-2)4-6-15-7-5-10/h11-12H,3-9H2,1-2H3. The summed E-state index contributed by atoms with van der Waals surface area (Å²) in [5, 5.41) is 3.23. The van der Waals surface area contributed by atoms with Crippen molar-refractivity contribution in [2.45, 2.75) is 31.7 Å². The van der Waals surface area contributed by atoms with Crippen LogP contribution in [0.5, 0.6) is 0 Å². The molecule has 0 bridgehead atoms. The lowest BCUT2D eigenvalue weighted by Crippen LogP contribution is -2.55. The van der Waals surface area contributed by atoms with Gasteiger partial charge in [-0.15, -0.1) is 0 Å². The van der Waals surface area contributed by atoms with Crippen LogP contribution in [0.2, 0.25) is 0 Å². The molecule has 2 N–H and O–H groups in total. The molecule has 0 unspecified atom stereocenters. The maximum Gasteiger partial charge on any atom is 0.211 e. The SMILES string of the molecule is CCCS(=O)(=O)NCC1(NC)CCOCC1. The first-order chi connectivity index (χ1) is 7.54. The van der Waals surface area contributed by atoms with E-state index < -0.39 is 10.0 Å². The van der Waals surface area contributed by atoms with Gasteiger partial charge in [-0.2, -0.15) is 0 Å². The van der Waals surface area contributed by atoms with Gasteiger partial charge < -0.3 is 10.1 Å². The second kappa shape index (κ2) is 5.95. The zero-order valence-corrected chi connectivity index (χ0v) is 10.9. The molecule has 0 amide bonds. The molecule has 96 valence electrons. The Labute approximate surface area is 98.0 Å². The van der Waals surface area contributed by atoms with Crippen molar-refractivity contribution < 1.29 is 13.2 Å². The highest BCUT2D eigenvalue weighted by atomic mass is 32.2. The van der Waals surface area contributed by atoms with Gasteiger partial charge >= 0.3 is 0 Å². The predicted molar refractivity (Wildman–Crippen MR) is 63.9 cm³/mol. The van der Waals surface area contributed by atoms with Crippen molar-refractivity contribution in [3.05, 3.63) is 0 Å². The van der Waals surface area contributed by atoms with Crippen LogP contribution in [0.4, 0.5) is 0 Å². The van der Waals surface area contributed by atoms with Gasteiger partial charge in [-0.3, -0.25) is 0 Å². The van der Waals surface area contributed by atoms with E-state index in [9.17, 15) is 8.42 Å². The Morgan fingerprint density at radius 1 is 1.31 bits per heavy atom. The molecule has 1 saturated heterocycles. The molecule has 0 aromatic heterocycles. The highest BCUT2D eigenvalue weighted by Crippen LogP contribution is 2.19.